The first-order valence-corrected chi connectivity index (χ1v) is 10.7. The molecule has 0 heterocycles. The van der Waals surface area contributed by atoms with Crippen LogP contribution in [0.25, 0.3) is 0 Å². The van der Waals surface area contributed by atoms with Crippen LogP contribution < -0.4 is 0 Å². The van der Waals surface area contributed by atoms with Gasteiger partial charge in [0.15, 0.2) is 5.78 Å². The molecular formula is C24H29NO3S. The molecule has 0 saturated carbocycles. The quantitative estimate of drug-likeness (QED) is 0.177. The zero-order valence-corrected chi connectivity index (χ0v) is 18.2. The summed E-state index contributed by atoms with van der Waals surface area (Å²) < 4.78 is 4.98. The highest BCUT2D eigenvalue weighted by Gasteiger charge is 2.39. The maximum Gasteiger partial charge on any atom is 0.330 e. The third-order valence-electron chi connectivity index (χ3n) is 5.08. The molecule has 1 atom stereocenters. The second-order valence-electron chi connectivity index (χ2n) is 7.02. The van der Waals surface area contributed by atoms with Crippen molar-refractivity contribution >= 4 is 23.5 Å². The SMILES string of the molecule is C=CC(=O)OCCSc1ccc(C(=O)C(CC)(Cc2ccccc2)N(C)C)cc1. The number of hydrogen-bond donors (Lipinski definition) is 0. The van der Waals surface area contributed by atoms with Crippen molar-refractivity contribution in [1.82, 2.24) is 4.90 Å². The van der Waals surface area contributed by atoms with Crippen LogP contribution in [-0.4, -0.2) is 48.6 Å². The van der Waals surface area contributed by atoms with Crippen molar-refractivity contribution in [1.29, 1.82) is 0 Å². The van der Waals surface area contributed by atoms with Gasteiger partial charge < -0.3 is 4.74 Å². The van der Waals surface area contributed by atoms with Crippen molar-refractivity contribution in [2.45, 2.75) is 30.2 Å². The van der Waals surface area contributed by atoms with Gasteiger partial charge in [0, 0.05) is 22.3 Å². The average Bonchev–Trinajstić information content (AvgIpc) is 2.75. The Kier molecular flexibility index (Phi) is 8.68. The van der Waals surface area contributed by atoms with E-state index >= 15 is 0 Å². The summed E-state index contributed by atoms with van der Waals surface area (Å²) >= 11 is 1.58. The molecule has 0 radical (unpaired) electrons. The summed E-state index contributed by atoms with van der Waals surface area (Å²) in [5, 5.41) is 0. The van der Waals surface area contributed by atoms with Crippen LogP contribution >= 0.6 is 11.8 Å². The van der Waals surface area contributed by atoms with Gasteiger partial charge in [-0.15, -0.1) is 11.8 Å². The van der Waals surface area contributed by atoms with Crippen molar-refractivity contribution in [3.05, 3.63) is 78.4 Å². The van der Waals surface area contributed by atoms with E-state index in [-0.39, 0.29) is 5.78 Å². The molecule has 5 heteroatoms. The Morgan fingerprint density at radius 2 is 1.76 bits per heavy atom. The first kappa shape index (κ1) is 22.9. The van der Waals surface area contributed by atoms with Crippen molar-refractivity contribution in [3.63, 3.8) is 0 Å². The summed E-state index contributed by atoms with van der Waals surface area (Å²) in [6, 6.07) is 17.8. The highest BCUT2D eigenvalue weighted by atomic mass is 32.2. The van der Waals surface area contributed by atoms with Crippen LogP contribution in [0.1, 0.15) is 29.3 Å². The maximum absolute atomic E-state index is 13.5. The number of rotatable bonds is 11. The van der Waals surface area contributed by atoms with Crippen molar-refractivity contribution < 1.29 is 14.3 Å². The normalized spacial score (nSPS) is 13.0. The van der Waals surface area contributed by atoms with E-state index in [2.05, 4.69) is 25.6 Å². The van der Waals surface area contributed by atoms with E-state index < -0.39 is 11.5 Å². The standard InChI is InChI=1S/C24H29NO3S/c1-5-22(26)28-16-17-29-21-14-12-20(13-15-21)23(27)24(6-2,25(3)4)18-19-10-8-7-9-11-19/h5,7-15H,1,6,16-18H2,2-4H3. The number of nitrogens with zero attached hydrogens (tertiary/aromatic N) is 1. The molecule has 0 fully saturated rings. The highest BCUT2D eigenvalue weighted by Crippen LogP contribution is 2.28. The van der Waals surface area contributed by atoms with Gasteiger partial charge in [-0.2, -0.15) is 0 Å². The van der Waals surface area contributed by atoms with E-state index in [0.717, 1.165) is 23.0 Å². The predicted octanol–water partition coefficient (Wildman–Crippen LogP) is 4.64. The predicted molar refractivity (Wildman–Crippen MR) is 120 cm³/mol. The molecule has 0 aliphatic heterocycles. The second-order valence-corrected chi connectivity index (χ2v) is 8.18. The molecular weight excluding hydrogens is 382 g/mol. The van der Waals surface area contributed by atoms with Crippen LogP contribution in [-0.2, 0) is 16.0 Å². The summed E-state index contributed by atoms with van der Waals surface area (Å²) in [5.41, 5.74) is 1.27. The lowest BCUT2D eigenvalue weighted by molar-refractivity contribution is -0.137. The van der Waals surface area contributed by atoms with E-state index in [4.69, 9.17) is 4.74 Å². The monoisotopic (exact) mass is 411 g/mol. The van der Waals surface area contributed by atoms with Gasteiger partial charge in [-0.05, 0) is 44.6 Å². The minimum absolute atomic E-state index is 0.130. The van der Waals surface area contributed by atoms with E-state index in [1.807, 2.05) is 61.5 Å². The van der Waals surface area contributed by atoms with Gasteiger partial charge >= 0.3 is 5.97 Å². The first-order chi connectivity index (χ1) is 13.9. The minimum Gasteiger partial charge on any atom is -0.462 e. The lowest BCUT2D eigenvalue weighted by Crippen LogP contribution is -2.52. The molecule has 0 amide bonds. The lowest BCUT2D eigenvalue weighted by Gasteiger charge is -2.38. The lowest BCUT2D eigenvalue weighted by atomic mass is 9.80. The number of ketones is 1. The number of likely N-dealkylation sites (N-methyl/N-ethyl adjacent to an activating group) is 1. The molecule has 0 spiro atoms. The molecule has 0 aromatic heterocycles. The topological polar surface area (TPSA) is 46.6 Å². The fourth-order valence-corrected chi connectivity index (χ4v) is 4.04. The molecule has 154 valence electrons. The van der Waals surface area contributed by atoms with Crippen molar-refractivity contribution in [2.24, 2.45) is 0 Å². The van der Waals surface area contributed by atoms with Crippen molar-refractivity contribution in [3.8, 4) is 0 Å². The maximum atomic E-state index is 13.5. The molecule has 0 aliphatic carbocycles. The van der Waals surface area contributed by atoms with Gasteiger partial charge in [0.05, 0.1) is 5.54 Å². The molecule has 4 nitrogen and oxygen atoms in total. The summed E-state index contributed by atoms with van der Waals surface area (Å²) in [6.45, 7) is 5.76. The van der Waals surface area contributed by atoms with Gasteiger partial charge in [-0.3, -0.25) is 9.69 Å². The van der Waals surface area contributed by atoms with E-state index in [1.54, 1.807) is 11.8 Å². The van der Waals surface area contributed by atoms with Crippen LogP contribution in [0.4, 0.5) is 0 Å². The van der Waals surface area contributed by atoms with Gasteiger partial charge in [-0.1, -0.05) is 56.0 Å². The fourth-order valence-electron chi connectivity index (χ4n) is 3.31. The summed E-state index contributed by atoms with van der Waals surface area (Å²) in [4.78, 5) is 27.6. The third-order valence-corrected chi connectivity index (χ3v) is 6.06. The molecule has 0 aliphatic rings. The zero-order valence-electron chi connectivity index (χ0n) is 17.4. The zero-order chi connectivity index (χ0) is 21.3. The Morgan fingerprint density at radius 3 is 2.31 bits per heavy atom. The Labute approximate surface area is 177 Å². The number of esters is 1. The van der Waals surface area contributed by atoms with E-state index in [0.29, 0.717) is 24.3 Å². The third kappa shape index (κ3) is 6.05. The Bertz CT molecular complexity index is 818. The number of Topliss-reactive ketones (excluding diaryl/α,β-unsaturated/α-hetero) is 1. The molecule has 2 aromatic carbocycles. The summed E-state index contributed by atoms with van der Waals surface area (Å²) in [7, 11) is 3.94. The van der Waals surface area contributed by atoms with Gasteiger partial charge in [0.2, 0.25) is 0 Å². The van der Waals surface area contributed by atoms with E-state index in [9.17, 15) is 9.59 Å². The number of hydrogen-bond acceptors (Lipinski definition) is 5. The number of carbonyl (C=O) groups is 2. The number of carbonyl (C=O) groups excluding carboxylic acids is 2. The van der Waals surface area contributed by atoms with Crippen LogP contribution in [0.5, 0.6) is 0 Å². The molecule has 0 saturated heterocycles. The first-order valence-electron chi connectivity index (χ1n) is 9.71. The number of benzene rings is 2. The van der Waals surface area contributed by atoms with Crippen LogP contribution in [0.15, 0.2) is 72.1 Å². The Balaban J connectivity index is 2.11. The van der Waals surface area contributed by atoms with Crippen LogP contribution in [0, 0.1) is 0 Å². The Hall–Kier alpha value is -2.37. The minimum atomic E-state index is -0.588. The van der Waals surface area contributed by atoms with Crippen LogP contribution in [0.3, 0.4) is 0 Å². The Morgan fingerprint density at radius 1 is 1.10 bits per heavy atom. The average molecular weight is 412 g/mol. The molecule has 0 N–H and O–H groups in total. The molecule has 2 rings (SSSR count). The van der Waals surface area contributed by atoms with Crippen molar-refractivity contribution in [2.75, 3.05) is 26.5 Å². The summed E-state index contributed by atoms with van der Waals surface area (Å²) in [6.07, 6.45) is 2.55. The smallest absolute Gasteiger partial charge is 0.330 e. The molecule has 2 aromatic rings. The number of thioether (sulfide) groups is 1. The molecule has 29 heavy (non-hydrogen) atoms. The van der Waals surface area contributed by atoms with Gasteiger partial charge in [0.1, 0.15) is 6.61 Å². The second kappa shape index (κ2) is 11.0. The van der Waals surface area contributed by atoms with Gasteiger partial charge in [0.25, 0.3) is 0 Å². The number of ether oxygens (including phenoxy) is 1. The van der Waals surface area contributed by atoms with Gasteiger partial charge in [-0.25, -0.2) is 4.79 Å². The summed E-state index contributed by atoms with van der Waals surface area (Å²) in [5.74, 6) is 0.368. The molecule has 1 unspecified atom stereocenters. The van der Waals surface area contributed by atoms with E-state index in [1.165, 1.54) is 0 Å². The largest absolute Gasteiger partial charge is 0.462 e. The molecule has 0 bridgehead atoms. The highest BCUT2D eigenvalue weighted by molar-refractivity contribution is 7.99. The van der Waals surface area contributed by atoms with Crippen LogP contribution in [0.2, 0.25) is 0 Å². The fraction of sp³-hybridized carbons (Fsp3) is 0.333.